The minimum Gasteiger partial charge on any atom is -0.486 e. The van der Waals surface area contributed by atoms with Crippen molar-refractivity contribution in [1.82, 2.24) is 5.32 Å². The minimum absolute atomic E-state index is 0.189. The molecule has 0 radical (unpaired) electrons. The standard InChI is InChI=1S/C11H14N2O3/c1-7(13-11(12)14)10-6-15-8-4-2-3-5-9(8)16-10/h2-5,7,10H,6H2,1H3,(H3,12,13,14). The lowest BCUT2D eigenvalue weighted by atomic mass is 10.1. The van der Waals surface area contributed by atoms with Gasteiger partial charge in [-0.3, -0.25) is 0 Å². The van der Waals surface area contributed by atoms with Crippen LogP contribution in [-0.2, 0) is 0 Å². The second kappa shape index (κ2) is 4.30. The highest BCUT2D eigenvalue weighted by atomic mass is 16.6. The molecule has 1 aliphatic rings. The molecule has 2 atom stereocenters. The molecule has 0 bridgehead atoms. The number of rotatable bonds is 2. The van der Waals surface area contributed by atoms with E-state index in [0.717, 1.165) is 5.75 Å². The van der Waals surface area contributed by atoms with Crippen molar-refractivity contribution < 1.29 is 14.3 Å². The van der Waals surface area contributed by atoms with E-state index in [1.807, 2.05) is 31.2 Å². The van der Waals surface area contributed by atoms with Crippen LogP contribution >= 0.6 is 0 Å². The van der Waals surface area contributed by atoms with Gasteiger partial charge in [0.1, 0.15) is 6.61 Å². The average Bonchev–Trinajstić information content (AvgIpc) is 2.27. The van der Waals surface area contributed by atoms with E-state index in [9.17, 15) is 4.79 Å². The number of amides is 2. The largest absolute Gasteiger partial charge is 0.486 e. The van der Waals surface area contributed by atoms with Gasteiger partial charge in [-0.2, -0.15) is 0 Å². The predicted molar refractivity (Wildman–Crippen MR) is 58.5 cm³/mol. The SMILES string of the molecule is CC(NC(N)=O)C1COc2ccccc2O1. The molecule has 0 saturated heterocycles. The fraction of sp³-hybridized carbons (Fsp3) is 0.364. The molecule has 1 aromatic carbocycles. The first-order chi connectivity index (χ1) is 7.66. The molecule has 2 rings (SSSR count). The number of ether oxygens (including phenoxy) is 2. The number of urea groups is 1. The molecule has 3 N–H and O–H groups in total. The van der Waals surface area contributed by atoms with Gasteiger partial charge in [-0.25, -0.2) is 4.79 Å². The fourth-order valence-corrected chi connectivity index (χ4v) is 1.60. The van der Waals surface area contributed by atoms with Crippen molar-refractivity contribution >= 4 is 6.03 Å². The summed E-state index contributed by atoms with van der Waals surface area (Å²) in [6.45, 7) is 2.23. The summed E-state index contributed by atoms with van der Waals surface area (Å²) >= 11 is 0. The topological polar surface area (TPSA) is 73.6 Å². The highest BCUT2D eigenvalue weighted by Crippen LogP contribution is 2.31. The summed E-state index contributed by atoms with van der Waals surface area (Å²) in [4.78, 5) is 10.7. The maximum Gasteiger partial charge on any atom is 0.312 e. The molecule has 1 aliphatic heterocycles. The Morgan fingerprint density at radius 1 is 1.50 bits per heavy atom. The Morgan fingerprint density at radius 3 is 2.88 bits per heavy atom. The number of para-hydroxylation sites is 2. The Bertz CT molecular complexity index is 395. The number of nitrogens with two attached hydrogens (primary N) is 1. The Hall–Kier alpha value is -1.91. The van der Waals surface area contributed by atoms with Crippen LogP contribution in [0.1, 0.15) is 6.92 Å². The van der Waals surface area contributed by atoms with E-state index >= 15 is 0 Å². The molecule has 2 amide bonds. The molecule has 0 saturated carbocycles. The van der Waals surface area contributed by atoms with Crippen molar-refractivity contribution in [3.8, 4) is 11.5 Å². The molecule has 1 aromatic rings. The maximum atomic E-state index is 10.7. The van der Waals surface area contributed by atoms with Crippen molar-refractivity contribution in [2.24, 2.45) is 5.73 Å². The van der Waals surface area contributed by atoms with E-state index in [0.29, 0.717) is 12.4 Å². The number of nitrogens with one attached hydrogen (secondary N) is 1. The van der Waals surface area contributed by atoms with Crippen LogP contribution in [-0.4, -0.2) is 24.8 Å². The van der Waals surface area contributed by atoms with Gasteiger partial charge >= 0.3 is 6.03 Å². The van der Waals surface area contributed by atoms with E-state index in [1.54, 1.807) is 0 Å². The average molecular weight is 222 g/mol. The summed E-state index contributed by atoms with van der Waals surface area (Å²) in [7, 11) is 0. The molecule has 5 heteroatoms. The van der Waals surface area contributed by atoms with E-state index in [-0.39, 0.29) is 12.1 Å². The molecule has 0 spiro atoms. The Labute approximate surface area is 93.5 Å². The third kappa shape index (κ3) is 2.18. The zero-order valence-electron chi connectivity index (χ0n) is 8.97. The number of fused-ring (bicyclic) bond motifs is 1. The van der Waals surface area contributed by atoms with Gasteiger partial charge in [0.2, 0.25) is 0 Å². The van der Waals surface area contributed by atoms with Crippen molar-refractivity contribution in [1.29, 1.82) is 0 Å². The third-order valence-corrected chi connectivity index (χ3v) is 2.46. The van der Waals surface area contributed by atoms with Crippen LogP contribution in [0.5, 0.6) is 11.5 Å². The first-order valence-electron chi connectivity index (χ1n) is 5.11. The van der Waals surface area contributed by atoms with Gasteiger partial charge in [0.15, 0.2) is 17.6 Å². The zero-order chi connectivity index (χ0) is 11.5. The van der Waals surface area contributed by atoms with E-state index in [2.05, 4.69) is 5.32 Å². The highest BCUT2D eigenvalue weighted by Gasteiger charge is 2.26. The second-order valence-electron chi connectivity index (χ2n) is 3.71. The van der Waals surface area contributed by atoms with Crippen LogP contribution in [0.3, 0.4) is 0 Å². The predicted octanol–water partition coefficient (Wildman–Crippen LogP) is 0.883. The number of hydrogen-bond acceptors (Lipinski definition) is 3. The molecule has 1 heterocycles. The molecule has 0 aliphatic carbocycles. The summed E-state index contributed by atoms with van der Waals surface area (Å²) in [5, 5.41) is 2.58. The van der Waals surface area contributed by atoms with Crippen LogP contribution in [0.15, 0.2) is 24.3 Å². The van der Waals surface area contributed by atoms with Crippen molar-refractivity contribution in [2.45, 2.75) is 19.1 Å². The normalized spacial score (nSPS) is 19.9. The monoisotopic (exact) mass is 222 g/mol. The number of hydrogen-bond donors (Lipinski definition) is 2. The summed E-state index contributed by atoms with van der Waals surface area (Å²) in [6, 6.07) is 6.68. The molecule has 0 fully saturated rings. The molecule has 2 unspecified atom stereocenters. The molecule has 86 valence electrons. The van der Waals surface area contributed by atoms with Gasteiger partial charge in [-0.15, -0.1) is 0 Å². The van der Waals surface area contributed by atoms with Crippen LogP contribution in [0.2, 0.25) is 0 Å². The lowest BCUT2D eigenvalue weighted by molar-refractivity contribution is 0.0695. The first kappa shape index (κ1) is 10.6. The number of primary amides is 1. The Balaban J connectivity index is 2.05. The smallest absolute Gasteiger partial charge is 0.312 e. The van der Waals surface area contributed by atoms with Gasteiger partial charge in [-0.05, 0) is 19.1 Å². The quantitative estimate of drug-likeness (QED) is 0.780. The molecule has 16 heavy (non-hydrogen) atoms. The lowest BCUT2D eigenvalue weighted by Crippen LogP contribution is -2.49. The summed E-state index contributed by atoms with van der Waals surface area (Å²) < 4.78 is 11.2. The lowest BCUT2D eigenvalue weighted by Gasteiger charge is -2.30. The zero-order valence-corrected chi connectivity index (χ0v) is 8.97. The Kier molecular flexibility index (Phi) is 2.85. The van der Waals surface area contributed by atoms with Crippen molar-refractivity contribution in [2.75, 3.05) is 6.61 Å². The number of benzene rings is 1. The van der Waals surface area contributed by atoms with Crippen molar-refractivity contribution in [3.63, 3.8) is 0 Å². The Morgan fingerprint density at radius 2 is 2.19 bits per heavy atom. The van der Waals surface area contributed by atoms with Crippen LogP contribution in [0.25, 0.3) is 0 Å². The first-order valence-corrected chi connectivity index (χ1v) is 5.11. The van der Waals surface area contributed by atoms with E-state index in [4.69, 9.17) is 15.2 Å². The van der Waals surface area contributed by atoms with E-state index < -0.39 is 6.03 Å². The molecular weight excluding hydrogens is 208 g/mol. The maximum absolute atomic E-state index is 10.7. The van der Waals surface area contributed by atoms with Crippen LogP contribution < -0.4 is 20.5 Å². The van der Waals surface area contributed by atoms with Crippen LogP contribution in [0.4, 0.5) is 4.79 Å². The number of carbonyl (C=O) groups is 1. The van der Waals surface area contributed by atoms with Gasteiger partial charge in [0.05, 0.1) is 6.04 Å². The van der Waals surface area contributed by atoms with Crippen molar-refractivity contribution in [3.05, 3.63) is 24.3 Å². The highest BCUT2D eigenvalue weighted by molar-refractivity contribution is 5.72. The van der Waals surface area contributed by atoms with Gasteiger partial charge in [-0.1, -0.05) is 12.1 Å². The number of carbonyl (C=O) groups excluding carboxylic acids is 1. The summed E-state index contributed by atoms with van der Waals surface area (Å²) in [6.07, 6.45) is -0.220. The van der Waals surface area contributed by atoms with Crippen LogP contribution in [0, 0.1) is 0 Å². The van der Waals surface area contributed by atoms with Gasteiger partial charge < -0.3 is 20.5 Å². The van der Waals surface area contributed by atoms with E-state index in [1.165, 1.54) is 0 Å². The summed E-state index contributed by atoms with van der Waals surface area (Å²) in [5.41, 5.74) is 5.05. The molecular formula is C11H14N2O3. The van der Waals surface area contributed by atoms with Gasteiger partial charge in [0, 0.05) is 0 Å². The molecule has 5 nitrogen and oxygen atoms in total. The third-order valence-electron chi connectivity index (χ3n) is 2.46. The fourth-order valence-electron chi connectivity index (χ4n) is 1.60. The minimum atomic E-state index is -0.560. The molecule has 0 aromatic heterocycles. The second-order valence-corrected chi connectivity index (χ2v) is 3.71. The van der Waals surface area contributed by atoms with Gasteiger partial charge in [0.25, 0.3) is 0 Å². The summed E-state index contributed by atoms with van der Waals surface area (Å²) in [5.74, 6) is 1.42.